The molecular formula is C12H20N4. The molecule has 1 aromatic rings. The predicted octanol–water partition coefficient (Wildman–Crippen LogP) is 1.27. The largest absolute Gasteiger partial charge is 0.370 e. The summed E-state index contributed by atoms with van der Waals surface area (Å²) in [5.74, 6) is 0.959. The summed E-state index contributed by atoms with van der Waals surface area (Å²) in [6.07, 6.45) is 1.96. The summed E-state index contributed by atoms with van der Waals surface area (Å²) >= 11 is 0. The minimum atomic E-state index is 0.918. The fraction of sp³-hybridized carbons (Fsp3) is 0.583. The van der Waals surface area contributed by atoms with Gasteiger partial charge < -0.3 is 15.1 Å². The molecule has 1 saturated heterocycles. The first-order valence-electron chi connectivity index (χ1n) is 5.93. The molecule has 1 fully saturated rings. The lowest BCUT2D eigenvalue weighted by atomic mass is 10.3. The Morgan fingerprint density at radius 2 is 2.00 bits per heavy atom. The molecule has 88 valence electrons. The van der Waals surface area contributed by atoms with Gasteiger partial charge in [0.25, 0.3) is 0 Å². The van der Waals surface area contributed by atoms with Crippen LogP contribution in [0.1, 0.15) is 6.92 Å². The Kier molecular flexibility index (Phi) is 3.62. The third kappa shape index (κ3) is 2.64. The topological polar surface area (TPSA) is 31.4 Å². The lowest BCUT2D eigenvalue weighted by Gasteiger charge is -2.33. The minimum Gasteiger partial charge on any atom is -0.370 e. The van der Waals surface area contributed by atoms with Crippen LogP contribution in [0.5, 0.6) is 0 Å². The average Bonchev–Trinajstić information content (AvgIpc) is 2.32. The van der Waals surface area contributed by atoms with E-state index in [1.54, 1.807) is 0 Å². The number of rotatable bonds is 3. The zero-order chi connectivity index (χ0) is 11.4. The molecule has 1 aliphatic rings. The van der Waals surface area contributed by atoms with E-state index in [2.05, 4.69) is 46.2 Å². The SMILES string of the molecule is CCNc1ccc(N2CCN(C)CC2)cn1. The van der Waals surface area contributed by atoms with Crippen molar-refractivity contribution >= 4 is 11.5 Å². The summed E-state index contributed by atoms with van der Waals surface area (Å²) in [7, 11) is 2.17. The van der Waals surface area contributed by atoms with Crippen LogP contribution >= 0.6 is 0 Å². The molecule has 4 nitrogen and oxygen atoms in total. The van der Waals surface area contributed by atoms with Crippen molar-refractivity contribution in [2.45, 2.75) is 6.92 Å². The Morgan fingerprint density at radius 3 is 2.56 bits per heavy atom. The van der Waals surface area contributed by atoms with Gasteiger partial charge in [-0.2, -0.15) is 0 Å². The lowest BCUT2D eigenvalue weighted by Crippen LogP contribution is -2.44. The molecule has 0 aliphatic carbocycles. The Labute approximate surface area is 97.3 Å². The van der Waals surface area contributed by atoms with Crippen LogP contribution in [-0.2, 0) is 0 Å². The van der Waals surface area contributed by atoms with Gasteiger partial charge in [-0.3, -0.25) is 0 Å². The van der Waals surface area contributed by atoms with Crippen molar-refractivity contribution in [2.24, 2.45) is 0 Å². The maximum atomic E-state index is 4.40. The van der Waals surface area contributed by atoms with Crippen LogP contribution in [0, 0.1) is 0 Å². The predicted molar refractivity (Wildman–Crippen MR) is 68.1 cm³/mol. The van der Waals surface area contributed by atoms with Gasteiger partial charge in [0, 0.05) is 32.7 Å². The number of pyridine rings is 1. The fourth-order valence-electron chi connectivity index (χ4n) is 1.92. The van der Waals surface area contributed by atoms with Crippen molar-refractivity contribution in [1.29, 1.82) is 0 Å². The highest BCUT2D eigenvalue weighted by Crippen LogP contribution is 2.16. The van der Waals surface area contributed by atoms with Crippen LogP contribution < -0.4 is 10.2 Å². The van der Waals surface area contributed by atoms with Crippen molar-refractivity contribution in [3.05, 3.63) is 18.3 Å². The Hall–Kier alpha value is -1.29. The molecule has 2 rings (SSSR count). The third-order valence-corrected chi connectivity index (χ3v) is 2.97. The summed E-state index contributed by atoms with van der Waals surface area (Å²) in [4.78, 5) is 9.15. The molecule has 2 heterocycles. The first-order chi connectivity index (χ1) is 7.79. The molecule has 0 spiro atoms. The maximum Gasteiger partial charge on any atom is 0.126 e. The summed E-state index contributed by atoms with van der Waals surface area (Å²) in [6, 6.07) is 4.20. The molecular weight excluding hydrogens is 200 g/mol. The number of piperazine rings is 1. The van der Waals surface area contributed by atoms with E-state index in [4.69, 9.17) is 0 Å². The molecule has 0 radical (unpaired) electrons. The average molecular weight is 220 g/mol. The standard InChI is InChI=1S/C12H20N4/c1-3-13-12-5-4-11(10-14-12)16-8-6-15(2)7-9-16/h4-5,10H,3,6-9H2,1-2H3,(H,13,14). The number of hydrogen-bond donors (Lipinski definition) is 1. The number of aromatic nitrogens is 1. The van der Waals surface area contributed by atoms with Gasteiger partial charge in [0.1, 0.15) is 5.82 Å². The van der Waals surface area contributed by atoms with E-state index in [-0.39, 0.29) is 0 Å². The maximum absolute atomic E-state index is 4.40. The summed E-state index contributed by atoms with van der Waals surface area (Å²) < 4.78 is 0. The molecule has 1 aromatic heterocycles. The molecule has 0 bridgehead atoms. The zero-order valence-corrected chi connectivity index (χ0v) is 10.1. The Bertz CT molecular complexity index is 314. The van der Waals surface area contributed by atoms with E-state index in [0.29, 0.717) is 0 Å². The highest BCUT2D eigenvalue weighted by Gasteiger charge is 2.14. The van der Waals surface area contributed by atoms with Crippen LogP contribution in [0.3, 0.4) is 0 Å². The normalized spacial score (nSPS) is 17.5. The van der Waals surface area contributed by atoms with E-state index >= 15 is 0 Å². The van der Waals surface area contributed by atoms with Crippen molar-refractivity contribution < 1.29 is 0 Å². The van der Waals surface area contributed by atoms with Crippen LogP contribution in [0.25, 0.3) is 0 Å². The minimum absolute atomic E-state index is 0.918. The molecule has 0 unspecified atom stereocenters. The Balaban J connectivity index is 1.98. The number of hydrogen-bond acceptors (Lipinski definition) is 4. The molecule has 0 saturated carbocycles. The fourth-order valence-corrected chi connectivity index (χ4v) is 1.92. The zero-order valence-electron chi connectivity index (χ0n) is 10.1. The van der Waals surface area contributed by atoms with E-state index in [1.165, 1.54) is 5.69 Å². The first-order valence-corrected chi connectivity index (χ1v) is 5.93. The molecule has 16 heavy (non-hydrogen) atoms. The second-order valence-corrected chi connectivity index (χ2v) is 4.22. The molecule has 1 aliphatic heterocycles. The van der Waals surface area contributed by atoms with Crippen LogP contribution in [0.2, 0.25) is 0 Å². The van der Waals surface area contributed by atoms with Gasteiger partial charge in [0.05, 0.1) is 11.9 Å². The quantitative estimate of drug-likeness (QED) is 0.831. The van der Waals surface area contributed by atoms with E-state index in [1.807, 2.05) is 6.20 Å². The molecule has 0 aromatic carbocycles. The monoisotopic (exact) mass is 220 g/mol. The van der Waals surface area contributed by atoms with Crippen LogP contribution in [0.4, 0.5) is 11.5 Å². The van der Waals surface area contributed by atoms with Gasteiger partial charge in [0.15, 0.2) is 0 Å². The lowest BCUT2D eigenvalue weighted by molar-refractivity contribution is 0.313. The van der Waals surface area contributed by atoms with E-state index in [0.717, 1.165) is 38.5 Å². The Morgan fingerprint density at radius 1 is 1.25 bits per heavy atom. The molecule has 1 N–H and O–H groups in total. The van der Waals surface area contributed by atoms with Crippen molar-refractivity contribution in [1.82, 2.24) is 9.88 Å². The van der Waals surface area contributed by atoms with Crippen molar-refractivity contribution in [2.75, 3.05) is 50.0 Å². The second-order valence-electron chi connectivity index (χ2n) is 4.22. The smallest absolute Gasteiger partial charge is 0.126 e. The van der Waals surface area contributed by atoms with Crippen molar-refractivity contribution in [3.63, 3.8) is 0 Å². The molecule has 4 heteroatoms. The molecule has 0 atom stereocenters. The van der Waals surface area contributed by atoms with Crippen LogP contribution in [-0.4, -0.2) is 49.7 Å². The first kappa shape index (κ1) is 11.2. The van der Waals surface area contributed by atoms with E-state index in [9.17, 15) is 0 Å². The number of nitrogens with zero attached hydrogens (tertiary/aromatic N) is 3. The summed E-state index contributed by atoms with van der Waals surface area (Å²) in [6.45, 7) is 7.46. The summed E-state index contributed by atoms with van der Waals surface area (Å²) in [5.41, 5.74) is 1.23. The highest BCUT2D eigenvalue weighted by molar-refractivity contribution is 5.49. The third-order valence-electron chi connectivity index (χ3n) is 2.97. The van der Waals surface area contributed by atoms with Gasteiger partial charge in [-0.05, 0) is 26.1 Å². The van der Waals surface area contributed by atoms with Crippen molar-refractivity contribution in [3.8, 4) is 0 Å². The molecule has 0 amide bonds. The highest BCUT2D eigenvalue weighted by atomic mass is 15.2. The van der Waals surface area contributed by atoms with Gasteiger partial charge in [0.2, 0.25) is 0 Å². The number of anilines is 2. The van der Waals surface area contributed by atoms with Gasteiger partial charge in [-0.25, -0.2) is 4.98 Å². The van der Waals surface area contributed by atoms with Gasteiger partial charge >= 0.3 is 0 Å². The summed E-state index contributed by atoms with van der Waals surface area (Å²) in [5, 5.41) is 3.21. The van der Waals surface area contributed by atoms with Gasteiger partial charge in [-0.15, -0.1) is 0 Å². The van der Waals surface area contributed by atoms with Gasteiger partial charge in [-0.1, -0.05) is 0 Å². The second kappa shape index (κ2) is 5.16. The van der Waals surface area contributed by atoms with E-state index < -0.39 is 0 Å². The number of likely N-dealkylation sites (N-methyl/N-ethyl adjacent to an activating group) is 1. The number of nitrogens with one attached hydrogen (secondary N) is 1. The van der Waals surface area contributed by atoms with Crippen LogP contribution in [0.15, 0.2) is 18.3 Å².